The van der Waals surface area contributed by atoms with E-state index in [4.69, 9.17) is 4.74 Å². The van der Waals surface area contributed by atoms with Crippen LogP contribution in [0.3, 0.4) is 0 Å². The van der Waals surface area contributed by atoms with Crippen LogP contribution >= 0.6 is 0 Å². The summed E-state index contributed by atoms with van der Waals surface area (Å²) < 4.78 is 18.9. The highest BCUT2D eigenvalue weighted by Gasteiger charge is 2.44. The van der Waals surface area contributed by atoms with Gasteiger partial charge < -0.3 is 15.0 Å². The van der Waals surface area contributed by atoms with Crippen LogP contribution in [0.15, 0.2) is 24.3 Å². The second-order valence-electron chi connectivity index (χ2n) is 5.96. The molecule has 4 nitrogen and oxygen atoms in total. The Labute approximate surface area is 121 Å². The standard InChI is InChI=1S/C16H17FN2O2/c17-10-1-3-14-9(5-10)6-11(19-14)8-18-16(20)13-7-12-2-4-15(13)21-12/h1,3,5-6,12-13,15,19H,2,4,7-8H2,(H,18,20)/t12-,13+,15+/m0/s1. The van der Waals surface area contributed by atoms with Gasteiger partial charge in [0.15, 0.2) is 0 Å². The lowest BCUT2D eigenvalue weighted by molar-refractivity contribution is -0.126. The van der Waals surface area contributed by atoms with Gasteiger partial charge in [0.25, 0.3) is 0 Å². The van der Waals surface area contributed by atoms with Crippen LogP contribution in [0.5, 0.6) is 0 Å². The summed E-state index contributed by atoms with van der Waals surface area (Å²) in [6, 6.07) is 6.49. The minimum Gasteiger partial charge on any atom is -0.374 e. The lowest BCUT2D eigenvalue weighted by atomic mass is 9.88. The van der Waals surface area contributed by atoms with Crippen molar-refractivity contribution in [3.8, 4) is 0 Å². The van der Waals surface area contributed by atoms with Crippen molar-refractivity contribution < 1.29 is 13.9 Å². The molecule has 21 heavy (non-hydrogen) atoms. The summed E-state index contributed by atoms with van der Waals surface area (Å²) >= 11 is 0. The molecule has 0 radical (unpaired) electrons. The van der Waals surface area contributed by atoms with Crippen molar-refractivity contribution in [1.29, 1.82) is 0 Å². The average Bonchev–Trinajstić information content (AvgIpc) is 3.18. The van der Waals surface area contributed by atoms with E-state index in [1.54, 1.807) is 6.07 Å². The lowest BCUT2D eigenvalue weighted by Crippen LogP contribution is -2.35. The average molecular weight is 288 g/mol. The third-order valence-electron chi connectivity index (χ3n) is 4.53. The number of benzene rings is 1. The molecule has 110 valence electrons. The van der Waals surface area contributed by atoms with Crippen molar-refractivity contribution in [1.82, 2.24) is 10.3 Å². The molecule has 2 aromatic rings. The maximum Gasteiger partial charge on any atom is 0.226 e. The quantitative estimate of drug-likeness (QED) is 0.911. The predicted octanol–water partition coefficient (Wildman–Crippen LogP) is 2.49. The van der Waals surface area contributed by atoms with Gasteiger partial charge in [-0.15, -0.1) is 0 Å². The van der Waals surface area contributed by atoms with Crippen LogP contribution in [-0.2, 0) is 16.1 Å². The van der Waals surface area contributed by atoms with E-state index in [0.717, 1.165) is 35.9 Å². The van der Waals surface area contributed by atoms with Gasteiger partial charge in [-0.25, -0.2) is 4.39 Å². The second kappa shape index (κ2) is 4.84. The van der Waals surface area contributed by atoms with Crippen molar-refractivity contribution in [2.45, 2.75) is 38.0 Å². The van der Waals surface area contributed by atoms with Crippen molar-refractivity contribution >= 4 is 16.8 Å². The van der Waals surface area contributed by atoms with Gasteiger partial charge in [-0.05, 0) is 43.5 Å². The van der Waals surface area contributed by atoms with Crippen molar-refractivity contribution in [3.63, 3.8) is 0 Å². The number of aromatic nitrogens is 1. The molecule has 1 aromatic heterocycles. The molecule has 0 spiro atoms. The van der Waals surface area contributed by atoms with Gasteiger partial charge in [-0.3, -0.25) is 4.79 Å². The van der Waals surface area contributed by atoms with Crippen LogP contribution < -0.4 is 5.32 Å². The van der Waals surface area contributed by atoms with Gasteiger partial charge in [-0.2, -0.15) is 0 Å². The molecule has 3 atom stereocenters. The Morgan fingerprint density at radius 3 is 3.05 bits per heavy atom. The first-order valence-corrected chi connectivity index (χ1v) is 7.39. The lowest BCUT2D eigenvalue weighted by Gasteiger charge is -2.17. The third kappa shape index (κ3) is 2.31. The fourth-order valence-electron chi connectivity index (χ4n) is 3.49. The molecule has 0 unspecified atom stereocenters. The van der Waals surface area contributed by atoms with Crippen molar-refractivity contribution in [2.75, 3.05) is 0 Å². The first kappa shape index (κ1) is 12.8. The van der Waals surface area contributed by atoms with Crippen LogP contribution in [0.4, 0.5) is 4.39 Å². The number of aromatic amines is 1. The van der Waals surface area contributed by atoms with Gasteiger partial charge >= 0.3 is 0 Å². The molecule has 4 rings (SSSR count). The molecule has 0 saturated carbocycles. The van der Waals surface area contributed by atoms with Gasteiger partial charge in [0, 0.05) is 16.6 Å². The molecular formula is C16H17FN2O2. The number of halogens is 1. The Bertz CT molecular complexity index is 697. The second-order valence-corrected chi connectivity index (χ2v) is 5.96. The Morgan fingerprint density at radius 2 is 2.29 bits per heavy atom. The SMILES string of the molecule is O=C(NCc1cc2cc(F)ccc2[nH]1)[C@@H]1C[C@@H]2CC[C@H]1O2. The maximum atomic E-state index is 13.2. The molecule has 1 amide bonds. The topological polar surface area (TPSA) is 54.1 Å². The number of hydrogen-bond donors (Lipinski definition) is 2. The molecule has 2 saturated heterocycles. The molecule has 2 aliphatic rings. The number of hydrogen-bond acceptors (Lipinski definition) is 2. The fraction of sp³-hybridized carbons (Fsp3) is 0.438. The van der Waals surface area contributed by atoms with E-state index >= 15 is 0 Å². The van der Waals surface area contributed by atoms with Crippen LogP contribution in [0, 0.1) is 11.7 Å². The highest BCUT2D eigenvalue weighted by molar-refractivity contribution is 5.82. The zero-order valence-corrected chi connectivity index (χ0v) is 11.6. The minimum absolute atomic E-state index is 0.00873. The molecule has 5 heteroatoms. The molecule has 2 N–H and O–H groups in total. The summed E-state index contributed by atoms with van der Waals surface area (Å²) in [5.41, 5.74) is 1.76. The van der Waals surface area contributed by atoms with Crippen molar-refractivity contribution in [2.24, 2.45) is 5.92 Å². The summed E-state index contributed by atoms with van der Waals surface area (Å²) in [5.74, 6) is -0.200. The smallest absolute Gasteiger partial charge is 0.226 e. The molecular weight excluding hydrogens is 271 g/mol. The Hall–Kier alpha value is -1.88. The van der Waals surface area contributed by atoms with Gasteiger partial charge in [-0.1, -0.05) is 0 Å². The zero-order valence-electron chi connectivity index (χ0n) is 11.6. The van der Waals surface area contributed by atoms with E-state index in [-0.39, 0.29) is 29.9 Å². The molecule has 1 aromatic carbocycles. The monoisotopic (exact) mass is 288 g/mol. The number of nitrogens with one attached hydrogen (secondary N) is 2. The van der Waals surface area contributed by atoms with Crippen LogP contribution in [0.25, 0.3) is 10.9 Å². The molecule has 3 heterocycles. The van der Waals surface area contributed by atoms with E-state index in [9.17, 15) is 9.18 Å². The first-order valence-electron chi connectivity index (χ1n) is 7.39. The van der Waals surface area contributed by atoms with Crippen LogP contribution in [-0.4, -0.2) is 23.1 Å². The third-order valence-corrected chi connectivity index (χ3v) is 4.53. The van der Waals surface area contributed by atoms with E-state index in [1.807, 2.05) is 6.07 Å². The maximum absolute atomic E-state index is 13.2. The van der Waals surface area contributed by atoms with Gasteiger partial charge in [0.05, 0.1) is 24.7 Å². The molecule has 2 bridgehead atoms. The summed E-state index contributed by atoms with van der Waals surface area (Å²) in [5, 5.41) is 3.78. The predicted molar refractivity (Wildman–Crippen MR) is 76.1 cm³/mol. The normalized spacial score (nSPS) is 27.4. The Morgan fingerprint density at radius 1 is 1.38 bits per heavy atom. The van der Waals surface area contributed by atoms with E-state index in [1.165, 1.54) is 12.1 Å². The number of carbonyl (C=O) groups is 1. The van der Waals surface area contributed by atoms with Crippen LogP contribution in [0.2, 0.25) is 0 Å². The summed E-state index contributed by atoms with van der Waals surface area (Å²) in [7, 11) is 0. The largest absolute Gasteiger partial charge is 0.374 e. The minimum atomic E-state index is -0.254. The van der Waals surface area contributed by atoms with E-state index in [0.29, 0.717) is 6.54 Å². The molecule has 2 aliphatic heterocycles. The summed E-state index contributed by atoms with van der Waals surface area (Å²) in [6.07, 6.45) is 3.30. The number of fused-ring (bicyclic) bond motifs is 3. The van der Waals surface area contributed by atoms with E-state index in [2.05, 4.69) is 10.3 Å². The molecule has 2 fully saturated rings. The highest BCUT2D eigenvalue weighted by Crippen LogP contribution is 2.38. The van der Waals surface area contributed by atoms with Gasteiger partial charge in [0.1, 0.15) is 5.82 Å². The summed E-state index contributed by atoms with van der Waals surface area (Å²) in [4.78, 5) is 15.4. The number of rotatable bonds is 3. The number of carbonyl (C=O) groups excluding carboxylic acids is 1. The highest BCUT2D eigenvalue weighted by atomic mass is 19.1. The number of ether oxygens (including phenoxy) is 1. The Balaban J connectivity index is 1.42. The van der Waals surface area contributed by atoms with Crippen LogP contribution in [0.1, 0.15) is 25.0 Å². The summed E-state index contributed by atoms with van der Waals surface area (Å²) in [6.45, 7) is 0.434. The first-order chi connectivity index (χ1) is 10.2. The van der Waals surface area contributed by atoms with Gasteiger partial charge in [0.2, 0.25) is 5.91 Å². The number of amides is 1. The number of H-pyrrole nitrogens is 1. The van der Waals surface area contributed by atoms with E-state index < -0.39 is 0 Å². The van der Waals surface area contributed by atoms with Crippen molar-refractivity contribution in [3.05, 3.63) is 35.8 Å². The zero-order chi connectivity index (χ0) is 14.4. The Kier molecular flexibility index (Phi) is 2.96. The molecule has 0 aliphatic carbocycles. The fourth-order valence-corrected chi connectivity index (χ4v) is 3.49.